The molecule has 2 aliphatic heterocycles. The number of methoxy groups -OCH3 is 2. The molecule has 2 fully saturated rings. The van der Waals surface area contributed by atoms with Crippen LogP contribution in [0.15, 0.2) is 48.5 Å². The molecule has 44 heavy (non-hydrogen) atoms. The highest BCUT2D eigenvalue weighted by Gasteiger charge is 2.27. The van der Waals surface area contributed by atoms with Crippen LogP contribution in [0, 0.1) is 17.1 Å². The number of ether oxygens (including phenoxy) is 4. The lowest BCUT2D eigenvalue weighted by Crippen LogP contribution is -2.35. The van der Waals surface area contributed by atoms with Crippen molar-refractivity contribution in [2.24, 2.45) is 0 Å². The van der Waals surface area contributed by atoms with E-state index in [1.807, 2.05) is 24.3 Å². The molecule has 2 aromatic carbocycles. The summed E-state index contributed by atoms with van der Waals surface area (Å²) in [5.41, 5.74) is 3.56. The number of piperidine rings is 1. The Bertz CT molecular complexity index is 1700. The van der Waals surface area contributed by atoms with Gasteiger partial charge in [-0.05, 0) is 62.7 Å². The van der Waals surface area contributed by atoms with Crippen LogP contribution in [0.5, 0.6) is 11.6 Å². The Morgan fingerprint density at radius 2 is 1.93 bits per heavy atom. The van der Waals surface area contributed by atoms with Gasteiger partial charge in [-0.25, -0.2) is 19.2 Å². The molecule has 2 aliphatic rings. The fourth-order valence-corrected chi connectivity index (χ4v) is 5.80. The van der Waals surface area contributed by atoms with Gasteiger partial charge in [0.05, 0.1) is 56.1 Å². The molecule has 0 saturated carbocycles. The molecule has 4 aromatic rings. The van der Waals surface area contributed by atoms with Crippen molar-refractivity contribution in [3.63, 3.8) is 0 Å². The Balaban J connectivity index is 1.14. The lowest BCUT2D eigenvalue weighted by molar-refractivity contribution is -0.0592. The first-order chi connectivity index (χ1) is 21.4. The molecular weight excluding hydrogens is 565 g/mol. The summed E-state index contributed by atoms with van der Waals surface area (Å²) in [7, 11) is 2.94. The predicted octanol–water partition coefficient (Wildman–Crippen LogP) is 4.98. The average Bonchev–Trinajstić information content (AvgIpc) is 3.38. The number of hydrogen-bond acceptors (Lipinski definition) is 9. The van der Waals surface area contributed by atoms with Crippen molar-refractivity contribution in [2.75, 3.05) is 33.9 Å². The number of halogens is 1. The largest absolute Gasteiger partial charge is 0.494 e. The first-order valence-corrected chi connectivity index (χ1v) is 14.7. The maximum atomic E-state index is 14.3. The summed E-state index contributed by atoms with van der Waals surface area (Å²) in [5.74, 6) is 1.26. The number of aromatic nitrogens is 3. The monoisotopic (exact) mass is 599 g/mol. The SMILES string of the molecule is COC(=O)c1cc(OC)c2nc(CN3CCC(c4cccc(OCc5ccc(C#N)cc5F)n4)CC3)n(CC3CCO3)c2c1. The molecule has 0 spiro atoms. The Morgan fingerprint density at radius 3 is 2.61 bits per heavy atom. The molecular formula is C33H34FN5O5. The molecule has 228 valence electrons. The zero-order valence-corrected chi connectivity index (χ0v) is 24.8. The average molecular weight is 600 g/mol. The van der Waals surface area contributed by atoms with E-state index >= 15 is 0 Å². The summed E-state index contributed by atoms with van der Waals surface area (Å²) in [6, 6.07) is 15.5. The predicted molar refractivity (Wildman–Crippen MR) is 159 cm³/mol. The van der Waals surface area contributed by atoms with Gasteiger partial charge < -0.3 is 23.5 Å². The lowest BCUT2D eigenvalue weighted by Gasteiger charge is -2.32. The number of hydrogen-bond donors (Lipinski definition) is 0. The van der Waals surface area contributed by atoms with Gasteiger partial charge in [-0.2, -0.15) is 5.26 Å². The molecule has 1 atom stereocenters. The Labute approximate surface area is 254 Å². The highest BCUT2D eigenvalue weighted by atomic mass is 19.1. The van der Waals surface area contributed by atoms with Gasteiger partial charge in [-0.1, -0.05) is 12.1 Å². The van der Waals surface area contributed by atoms with Crippen molar-refractivity contribution in [1.82, 2.24) is 19.4 Å². The lowest BCUT2D eigenvalue weighted by atomic mass is 9.93. The number of fused-ring (bicyclic) bond motifs is 1. The number of rotatable bonds is 10. The highest BCUT2D eigenvalue weighted by Crippen LogP contribution is 2.32. The van der Waals surface area contributed by atoms with Gasteiger partial charge in [0.25, 0.3) is 0 Å². The molecule has 0 amide bonds. The van der Waals surface area contributed by atoms with Crippen LogP contribution >= 0.6 is 0 Å². The van der Waals surface area contributed by atoms with Crippen LogP contribution in [0.1, 0.15) is 58.2 Å². The normalized spacial score (nSPS) is 17.2. The van der Waals surface area contributed by atoms with E-state index in [1.165, 1.54) is 13.2 Å². The minimum atomic E-state index is -0.469. The van der Waals surface area contributed by atoms with Crippen molar-refractivity contribution in [3.8, 4) is 17.7 Å². The third-order valence-corrected chi connectivity index (χ3v) is 8.39. The van der Waals surface area contributed by atoms with E-state index in [1.54, 1.807) is 31.4 Å². The highest BCUT2D eigenvalue weighted by molar-refractivity contribution is 5.96. The summed E-state index contributed by atoms with van der Waals surface area (Å²) < 4.78 is 38.6. The van der Waals surface area contributed by atoms with Crippen molar-refractivity contribution in [1.29, 1.82) is 5.26 Å². The Kier molecular flexibility index (Phi) is 8.72. The van der Waals surface area contributed by atoms with Gasteiger partial charge in [-0.15, -0.1) is 0 Å². The van der Waals surface area contributed by atoms with Gasteiger partial charge in [0.15, 0.2) is 0 Å². The first-order valence-electron chi connectivity index (χ1n) is 14.7. The van der Waals surface area contributed by atoms with Crippen LogP contribution in [-0.4, -0.2) is 65.4 Å². The number of benzene rings is 2. The fourth-order valence-electron chi connectivity index (χ4n) is 5.80. The van der Waals surface area contributed by atoms with Gasteiger partial charge >= 0.3 is 5.97 Å². The molecule has 4 heterocycles. The van der Waals surface area contributed by atoms with Crippen molar-refractivity contribution in [2.45, 2.75) is 51.0 Å². The number of pyridine rings is 1. The van der Waals surface area contributed by atoms with E-state index < -0.39 is 11.8 Å². The zero-order valence-electron chi connectivity index (χ0n) is 24.8. The number of nitriles is 1. The quantitative estimate of drug-likeness (QED) is 0.233. The van der Waals surface area contributed by atoms with E-state index in [0.29, 0.717) is 41.4 Å². The van der Waals surface area contributed by atoms with Crippen LogP contribution in [0.2, 0.25) is 0 Å². The van der Waals surface area contributed by atoms with Crippen molar-refractivity contribution >= 4 is 17.0 Å². The molecule has 0 aliphatic carbocycles. The van der Waals surface area contributed by atoms with E-state index in [4.69, 9.17) is 34.2 Å². The van der Waals surface area contributed by atoms with Crippen LogP contribution in [0.4, 0.5) is 4.39 Å². The Morgan fingerprint density at radius 1 is 1.11 bits per heavy atom. The third-order valence-electron chi connectivity index (χ3n) is 8.39. The molecule has 2 aromatic heterocycles. The molecule has 0 bridgehead atoms. The maximum Gasteiger partial charge on any atom is 0.338 e. The Hall–Kier alpha value is -4.53. The maximum absolute atomic E-state index is 14.3. The molecule has 10 nitrogen and oxygen atoms in total. The fraction of sp³-hybridized carbons (Fsp3) is 0.394. The number of esters is 1. The first kappa shape index (κ1) is 29.5. The number of likely N-dealkylation sites (tertiary alicyclic amines) is 1. The summed E-state index contributed by atoms with van der Waals surface area (Å²) in [6.07, 6.45) is 2.93. The number of carbonyl (C=O) groups excluding carboxylic acids is 1. The van der Waals surface area contributed by atoms with Gasteiger partial charge in [-0.3, -0.25) is 4.90 Å². The standard InChI is InChI=1S/C33H34FN5O5/c1-41-29-16-24(33(40)42-2)15-28-32(29)37-30(39(28)18-25-10-13-43-25)19-38-11-8-22(9-12-38)27-4-3-5-31(36-27)44-20-23-7-6-21(17-35)14-26(23)34/h3-7,14-16,22,25H,8-13,18-20H2,1-2H3. The summed E-state index contributed by atoms with van der Waals surface area (Å²) in [4.78, 5) is 24.5. The van der Waals surface area contributed by atoms with Crippen molar-refractivity contribution in [3.05, 3.63) is 82.6 Å². The van der Waals surface area contributed by atoms with E-state index in [0.717, 1.165) is 56.0 Å². The topological polar surface area (TPSA) is 112 Å². The van der Waals surface area contributed by atoms with Gasteiger partial charge in [0.2, 0.25) is 5.88 Å². The van der Waals surface area contributed by atoms with Crippen molar-refractivity contribution < 1.29 is 28.1 Å². The van der Waals surface area contributed by atoms with E-state index in [-0.39, 0.29) is 24.2 Å². The number of nitrogens with zero attached hydrogens (tertiary/aromatic N) is 5. The van der Waals surface area contributed by atoms with Crippen LogP contribution < -0.4 is 9.47 Å². The van der Waals surface area contributed by atoms with Gasteiger partial charge in [0.1, 0.15) is 29.5 Å². The molecule has 0 N–H and O–H groups in total. The molecule has 0 radical (unpaired) electrons. The second-order valence-corrected chi connectivity index (χ2v) is 11.1. The summed E-state index contributed by atoms with van der Waals surface area (Å²) in [5, 5.41) is 8.95. The summed E-state index contributed by atoms with van der Waals surface area (Å²) in [6.45, 7) is 3.81. The second kappa shape index (κ2) is 13.0. The smallest absolute Gasteiger partial charge is 0.338 e. The second-order valence-electron chi connectivity index (χ2n) is 11.1. The molecule has 1 unspecified atom stereocenters. The third kappa shape index (κ3) is 6.23. The summed E-state index contributed by atoms with van der Waals surface area (Å²) >= 11 is 0. The molecule has 11 heteroatoms. The van der Waals surface area contributed by atoms with Gasteiger partial charge in [0, 0.05) is 29.8 Å². The number of carbonyl (C=O) groups is 1. The minimum Gasteiger partial charge on any atom is -0.494 e. The minimum absolute atomic E-state index is 0.0330. The molecule has 2 saturated heterocycles. The molecule has 6 rings (SSSR count). The van der Waals surface area contributed by atoms with E-state index in [9.17, 15) is 9.18 Å². The zero-order chi connectivity index (χ0) is 30.6. The van der Waals surface area contributed by atoms with Crippen LogP contribution in [-0.2, 0) is 29.2 Å². The van der Waals surface area contributed by atoms with E-state index in [2.05, 4.69) is 9.47 Å². The number of imidazole rings is 1. The van der Waals surface area contributed by atoms with Crippen LogP contribution in [0.3, 0.4) is 0 Å². The van der Waals surface area contributed by atoms with Crippen LogP contribution in [0.25, 0.3) is 11.0 Å².